The van der Waals surface area contributed by atoms with E-state index in [1.54, 1.807) is 12.1 Å². The van der Waals surface area contributed by atoms with Gasteiger partial charge in [-0.3, -0.25) is 19.3 Å². The zero-order chi connectivity index (χ0) is 19.7. The van der Waals surface area contributed by atoms with Crippen molar-refractivity contribution in [1.29, 1.82) is 0 Å². The molecule has 4 rings (SSSR count). The number of nitrogens with zero attached hydrogens (tertiary/aromatic N) is 1. The van der Waals surface area contributed by atoms with Crippen molar-refractivity contribution in [3.8, 4) is 0 Å². The molecule has 0 saturated heterocycles. The van der Waals surface area contributed by atoms with Crippen LogP contribution in [0.3, 0.4) is 0 Å². The molecule has 0 fully saturated rings. The van der Waals surface area contributed by atoms with Crippen LogP contribution < -0.4 is 5.32 Å². The van der Waals surface area contributed by atoms with Gasteiger partial charge in [-0.25, -0.2) is 0 Å². The van der Waals surface area contributed by atoms with Crippen molar-refractivity contribution < 1.29 is 14.4 Å². The average molecular weight is 372 g/mol. The molecule has 28 heavy (non-hydrogen) atoms. The quantitative estimate of drug-likeness (QED) is 0.698. The third-order valence-corrected chi connectivity index (χ3v) is 5.03. The minimum absolute atomic E-state index is 0.0577. The summed E-state index contributed by atoms with van der Waals surface area (Å²) < 4.78 is 0. The van der Waals surface area contributed by atoms with Gasteiger partial charge in [0.2, 0.25) is 5.91 Å². The Morgan fingerprint density at radius 1 is 0.893 bits per heavy atom. The number of hydrogen-bond acceptors (Lipinski definition) is 3. The molecule has 1 N–H and O–H groups in total. The molecule has 1 heterocycles. The van der Waals surface area contributed by atoms with E-state index in [0.29, 0.717) is 23.1 Å². The Labute approximate surface area is 163 Å². The Morgan fingerprint density at radius 2 is 1.50 bits per heavy atom. The molecular weight excluding hydrogens is 352 g/mol. The molecule has 1 aliphatic rings. The van der Waals surface area contributed by atoms with Crippen LogP contribution >= 0.6 is 0 Å². The fourth-order valence-corrected chi connectivity index (χ4v) is 3.49. The Bertz CT molecular complexity index is 1040. The molecule has 140 valence electrons. The van der Waals surface area contributed by atoms with Gasteiger partial charge in [-0.2, -0.15) is 0 Å². The summed E-state index contributed by atoms with van der Waals surface area (Å²) in [7, 11) is 0. The number of rotatable bonds is 5. The third kappa shape index (κ3) is 3.27. The minimum Gasteiger partial charge on any atom is -0.352 e. The highest BCUT2D eigenvalue weighted by molar-refractivity contribution is 6.25. The fraction of sp³-hybridized carbons (Fsp3) is 0.174. The van der Waals surface area contributed by atoms with Crippen LogP contribution in [0.2, 0.25) is 0 Å². The second kappa shape index (κ2) is 7.27. The topological polar surface area (TPSA) is 66.5 Å². The SMILES string of the molecule is Cc1ccc(CNC(=O)CCN2C(=O)c3cccc4cccc(c34)C2=O)cc1. The lowest BCUT2D eigenvalue weighted by Crippen LogP contribution is -2.42. The average Bonchev–Trinajstić information content (AvgIpc) is 2.71. The molecule has 1 aliphatic heterocycles. The number of amides is 3. The molecule has 0 saturated carbocycles. The van der Waals surface area contributed by atoms with E-state index in [2.05, 4.69) is 5.32 Å². The maximum atomic E-state index is 12.8. The van der Waals surface area contributed by atoms with E-state index in [0.717, 1.165) is 16.5 Å². The van der Waals surface area contributed by atoms with Crippen LogP contribution in [-0.2, 0) is 11.3 Å². The Balaban J connectivity index is 1.44. The Hall–Kier alpha value is -3.47. The van der Waals surface area contributed by atoms with Crippen LogP contribution in [0.25, 0.3) is 10.8 Å². The lowest BCUT2D eigenvalue weighted by atomic mass is 9.94. The summed E-state index contributed by atoms with van der Waals surface area (Å²) in [5, 5.41) is 4.40. The van der Waals surface area contributed by atoms with Gasteiger partial charge in [0.25, 0.3) is 11.8 Å². The van der Waals surface area contributed by atoms with Gasteiger partial charge in [0, 0.05) is 36.0 Å². The zero-order valence-corrected chi connectivity index (χ0v) is 15.6. The Morgan fingerprint density at radius 3 is 2.11 bits per heavy atom. The zero-order valence-electron chi connectivity index (χ0n) is 15.6. The van der Waals surface area contributed by atoms with Crippen molar-refractivity contribution in [1.82, 2.24) is 10.2 Å². The summed E-state index contributed by atoms with van der Waals surface area (Å²) in [5.74, 6) is -0.889. The van der Waals surface area contributed by atoms with Gasteiger partial charge < -0.3 is 5.32 Å². The van der Waals surface area contributed by atoms with Crippen LogP contribution in [0.5, 0.6) is 0 Å². The molecule has 0 atom stereocenters. The molecule has 3 amide bonds. The summed E-state index contributed by atoms with van der Waals surface area (Å²) in [4.78, 5) is 39.0. The van der Waals surface area contributed by atoms with Gasteiger partial charge in [-0.15, -0.1) is 0 Å². The maximum absolute atomic E-state index is 12.8. The lowest BCUT2D eigenvalue weighted by molar-refractivity contribution is -0.121. The Kier molecular flexibility index (Phi) is 4.65. The molecule has 0 unspecified atom stereocenters. The monoisotopic (exact) mass is 372 g/mol. The first-order valence-electron chi connectivity index (χ1n) is 9.25. The van der Waals surface area contributed by atoms with Crippen LogP contribution in [0.4, 0.5) is 0 Å². The summed E-state index contributed by atoms with van der Waals surface area (Å²) in [5.41, 5.74) is 3.18. The van der Waals surface area contributed by atoms with E-state index >= 15 is 0 Å². The normalized spacial score (nSPS) is 13.1. The van der Waals surface area contributed by atoms with E-state index in [1.807, 2.05) is 55.5 Å². The van der Waals surface area contributed by atoms with Crippen LogP contribution in [0.15, 0.2) is 60.7 Å². The number of aryl methyl sites for hydroxylation is 1. The number of benzene rings is 3. The number of carbonyl (C=O) groups is 3. The molecule has 3 aromatic rings. The second-order valence-electron chi connectivity index (χ2n) is 6.98. The van der Waals surface area contributed by atoms with Gasteiger partial charge in [0.1, 0.15) is 0 Å². The standard InChI is InChI=1S/C23H20N2O3/c1-15-8-10-16(11-9-15)14-24-20(26)12-13-25-22(27)18-6-2-4-17-5-3-7-19(21(17)18)23(25)28/h2-11H,12-14H2,1H3,(H,24,26). The van der Waals surface area contributed by atoms with Crippen LogP contribution in [0, 0.1) is 6.92 Å². The van der Waals surface area contributed by atoms with Crippen molar-refractivity contribution >= 4 is 28.5 Å². The van der Waals surface area contributed by atoms with E-state index in [4.69, 9.17) is 0 Å². The van der Waals surface area contributed by atoms with E-state index in [1.165, 1.54) is 4.90 Å². The van der Waals surface area contributed by atoms with E-state index in [9.17, 15) is 14.4 Å². The van der Waals surface area contributed by atoms with E-state index < -0.39 is 0 Å². The number of imide groups is 1. The van der Waals surface area contributed by atoms with Gasteiger partial charge >= 0.3 is 0 Å². The summed E-state index contributed by atoms with van der Waals surface area (Å²) in [6.45, 7) is 2.49. The van der Waals surface area contributed by atoms with Crippen molar-refractivity contribution in [2.75, 3.05) is 6.54 Å². The fourth-order valence-electron chi connectivity index (χ4n) is 3.49. The molecule has 5 nitrogen and oxygen atoms in total. The second-order valence-corrected chi connectivity index (χ2v) is 6.98. The molecular formula is C23H20N2O3. The van der Waals surface area contributed by atoms with Crippen molar-refractivity contribution in [3.05, 3.63) is 82.9 Å². The summed E-state index contributed by atoms with van der Waals surface area (Å²) in [6, 6.07) is 18.7. The predicted molar refractivity (Wildman–Crippen MR) is 107 cm³/mol. The molecule has 3 aromatic carbocycles. The largest absolute Gasteiger partial charge is 0.352 e. The molecule has 0 bridgehead atoms. The number of nitrogens with one attached hydrogen (secondary N) is 1. The molecule has 0 spiro atoms. The van der Waals surface area contributed by atoms with Gasteiger partial charge in [-0.1, -0.05) is 54.1 Å². The lowest BCUT2D eigenvalue weighted by Gasteiger charge is -2.27. The minimum atomic E-state index is -0.347. The molecule has 5 heteroatoms. The third-order valence-electron chi connectivity index (χ3n) is 5.03. The summed E-state index contributed by atoms with van der Waals surface area (Å²) in [6.07, 6.45) is 0.0709. The molecule has 0 aliphatic carbocycles. The van der Waals surface area contributed by atoms with Crippen LogP contribution in [0.1, 0.15) is 38.3 Å². The summed E-state index contributed by atoms with van der Waals surface area (Å²) >= 11 is 0. The van der Waals surface area contributed by atoms with E-state index in [-0.39, 0.29) is 30.7 Å². The van der Waals surface area contributed by atoms with Crippen molar-refractivity contribution in [3.63, 3.8) is 0 Å². The van der Waals surface area contributed by atoms with Crippen LogP contribution in [-0.4, -0.2) is 29.2 Å². The number of hydrogen-bond donors (Lipinski definition) is 1. The first-order valence-corrected chi connectivity index (χ1v) is 9.25. The predicted octanol–water partition coefficient (Wildman–Crippen LogP) is 3.45. The highest BCUT2D eigenvalue weighted by atomic mass is 16.2. The highest BCUT2D eigenvalue weighted by Crippen LogP contribution is 2.29. The molecule has 0 radical (unpaired) electrons. The van der Waals surface area contributed by atoms with Gasteiger partial charge in [0.05, 0.1) is 0 Å². The van der Waals surface area contributed by atoms with Crippen molar-refractivity contribution in [2.45, 2.75) is 19.9 Å². The van der Waals surface area contributed by atoms with Gasteiger partial charge in [0.15, 0.2) is 0 Å². The molecule has 0 aromatic heterocycles. The first kappa shape index (κ1) is 17.9. The first-order chi connectivity index (χ1) is 13.5. The highest BCUT2D eigenvalue weighted by Gasteiger charge is 2.32. The van der Waals surface area contributed by atoms with Crippen molar-refractivity contribution in [2.24, 2.45) is 0 Å². The number of carbonyl (C=O) groups excluding carboxylic acids is 3. The maximum Gasteiger partial charge on any atom is 0.261 e. The van der Waals surface area contributed by atoms with Gasteiger partial charge in [-0.05, 0) is 30.0 Å². The smallest absolute Gasteiger partial charge is 0.261 e.